The topological polar surface area (TPSA) is 76.6 Å². The number of amides is 2. The molecule has 0 unspecified atom stereocenters. The maximum Gasteiger partial charge on any atom is 0.323 e. The predicted molar refractivity (Wildman–Crippen MR) is 80.8 cm³/mol. The molecule has 3 rings (SSSR count). The molecule has 0 aliphatic carbocycles. The first kappa shape index (κ1) is 15.2. The maximum absolute atomic E-state index is 12.5. The molecular weight excluding hydrogens is 284 g/mol. The Morgan fingerprint density at radius 2 is 2.27 bits per heavy atom. The Morgan fingerprint density at radius 1 is 1.45 bits per heavy atom. The number of hydrogen-bond acceptors (Lipinski definition) is 5. The smallest absolute Gasteiger partial charge is 0.323 e. The molecule has 0 saturated carbocycles. The van der Waals surface area contributed by atoms with Crippen molar-refractivity contribution in [1.82, 2.24) is 15.1 Å². The van der Waals surface area contributed by atoms with Gasteiger partial charge >= 0.3 is 6.03 Å². The number of carbonyl (C=O) groups is 1. The van der Waals surface area contributed by atoms with Crippen LogP contribution < -0.4 is 5.32 Å². The first-order chi connectivity index (χ1) is 10.5. The van der Waals surface area contributed by atoms with Gasteiger partial charge in [-0.15, -0.1) is 5.10 Å². The van der Waals surface area contributed by atoms with E-state index in [-0.39, 0.29) is 17.7 Å². The van der Waals surface area contributed by atoms with Gasteiger partial charge in [-0.3, -0.25) is 5.32 Å². The molecule has 2 saturated heterocycles. The van der Waals surface area contributed by atoms with Crippen molar-refractivity contribution in [3.05, 3.63) is 17.3 Å². The highest BCUT2D eigenvalue weighted by Gasteiger charge is 2.44. The molecule has 2 fully saturated rings. The van der Waals surface area contributed by atoms with E-state index in [0.29, 0.717) is 32.1 Å². The van der Waals surface area contributed by atoms with Crippen molar-refractivity contribution in [3.8, 4) is 0 Å². The molecule has 0 aromatic carbocycles. The number of urea groups is 1. The van der Waals surface area contributed by atoms with Crippen LogP contribution in [-0.4, -0.2) is 59.1 Å². The van der Waals surface area contributed by atoms with Gasteiger partial charge in [0.25, 0.3) is 0 Å². The van der Waals surface area contributed by atoms with Crippen LogP contribution in [0.25, 0.3) is 0 Å². The number of aromatic nitrogens is 2. The molecule has 120 valence electrons. The third kappa shape index (κ3) is 3.05. The highest BCUT2D eigenvalue weighted by molar-refractivity contribution is 5.88. The summed E-state index contributed by atoms with van der Waals surface area (Å²) < 4.78 is 11.5. The molecule has 2 aliphatic rings. The monoisotopic (exact) mass is 306 g/mol. The fraction of sp³-hybridized carbons (Fsp3) is 0.667. The zero-order valence-electron chi connectivity index (χ0n) is 13.3. The number of hydrogen-bond donors (Lipinski definition) is 1. The maximum atomic E-state index is 12.5. The number of rotatable bonds is 1. The van der Waals surface area contributed by atoms with Crippen molar-refractivity contribution in [2.45, 2.75) is 38.9 Å². The molecule has 2 aliphatic heterocycles. The van der Waals surface area contributed by atoms with Crippen LogP contribution in [0, 0.1) is 13.8 Å². The van der Waals surface area contributed by atoms with Gasteiger partial charge < -0.3 is 14.4 Å². The van der Waals surface area contributed by atoms with E-state index in [2.05, 4.69) is 15.5 Å². The van der Waals surface area contributed by atoms with Gasteiger partial charge in [0.1, 0.15) is 5.60 Å². The van der Waals surface area contributed by atoms with Crippen LogP contribution >= 0.6 is 0 Å². The van der Waals surface area contributed by atoms with E-state index in [1.54, 1.807) is 4.90 Å². The summed E-state index contributed by atoms with van der Waals surface area (Å²) in [5.74, 6) is 0.476. The van der Waals surface area contributed by atoms with E-state index in [1.165, 1.54) is 0 Å². The van der Waals surface area contributed by atoms with Gasteiger partial charge in [0.15, 0.2) is 5.82 Å². The number of anilines is 1. The fourth-order valence-electron chi connectivity index (χ4n) is 2.98. The summed E-state index contributed by atoms with van der Waals surface area (Å²) >= 11 is 0. The van der Waals surface area contributed by atoms with Gasteiger partial charge in [-0.1, -0.05) is 0 Å². The Bertz CT molecular complexity index is 572. The molecule has 2 atom stereocenters. The van der Waals surface area contributed by atoms with Crippen molar-refractivity contribution in [2.24, 2.45) is 0 Å². The largest absolute Gasteiger partial charge is 0.378 e. The average molecular weight is 306 g/mol. The Balaban J connectivity index is 1.69. The van der Waals surface area contributed by atoms with Crippen LogP contribution in [0.5, 0.6) is 0 Å². The van der Waals surface area contributed by atoms with Crippen molar-refractivity contribution < 1.29 is 14.3 Å². The van der Waals surface area contributed by atoms with E-state index >= 15 is 0 Å². The van der Waals surface area contributed by atoms with Crippen LogP contribution in [0.3, 0.4) is 0 Å². The molecular formula is C15H22N4O3. The average Bonchev–Trinajstić information content (AvgIpc) is 2.89. The number of morpholine rings is 1. The predicted octanol–water partition coefficient (Wildman–Crippen LogP) is 1.51. The lowest BCUT2D eigenvalue weighted by Gasteiger charge is -2.42. The van der Waals surface area contributed by atoms with Crippen LogP contribution in [0.4, 0.5) is 10.6 Å². The summed E-state index contributed by atoms with van der Waals surface area (Å²) in [5.41, 5.74) is 1.51. The van der Waals surface area contributed by atoms with E-state index in [9.17, 15) is 4.79 Å². The molecule has 7 nitrogen and oxygen atoms in total. The third-order valence-electron chi connectivity index (χ3n) is 4.23. The van der Waals surface area contributed by atoms with Crippen LogP contribution in [-0.2, 0) is 9.47 Å². The van der Waals surface area contributed by atoms with E-state index < -0.39 is 0 Å². The second-order valence-electron chi connectivity index (χ2n) is 6.22. The zero-order valence-corrected chi connectivity index (χ0v) is 13.3. The third-order valence-corrected chi connectivity index (χ3v) is 4.23. The highest BCUT2D eigenvalue weighted by Crippen LogP contribution is 2.30. The Morgan fingerprint density at radius 3 is 2.95 bits per heavy atom. The number of nitrogens with one attached hydrogen (secondary N) is 1. The molecule has 1 spiro atoms. The summed E-state index contributed by atoms with van der Waals surface area (Å²) in [7, 11) is 0. The second-order valence-corrected chi connectivity index (χ2v) is 6.22. The zero-order chi connectivity index (χ0) is 15.7. The summed E-state index contributed by atoms with van der Waals surface area (Å²) in [6.07, 6.45) is 0.817. The van der Waals surface area contributed by atoms with Crippen molar-refractivity contribution >= 4 is 11.8 Å². The SMILES string of the molecule is Cc1cc(NC(=O)N2C[C@H](C)O[C@@]3(CCOC3)C2)nnc1C. The lowest BCUT2D eigenvalue weighted by atomic mass is 9.99. The van der Waals surface area contributed by atoms with E-state index in [0.717, 1.165) is 17.7 Å². The Hall–Kier alpha value is -1.73. The first-order valence-corrected chi connectivity index (χ1v) is 7.60. The first-order valence-electron chi connectivity index (χ1n) is 7.60. The van der Waals surface area contributed by atoms with Crippen LogP contribution in [0.2, 0.25) is 0 Å². The van der Waals surface area contributed by atoms with Crippen molar-refractivity contribution in [3.63, 3.8) is 0 Å². The summed E-state index contributed by atoms with van der Waals surface area (Å²) in [4.78, 5) is 14.3. The highest BCUT2D eigenvalue weighted by atomic mass is 16.6. The van der Waals surface area contributed by atoms with Gasteiger partial charge in [-0.2, -0.15) is 5.10 Å². The number of nitrogens with zero attached hydrogens (tertiary/aromatic N) is 3. The molecule has 1 N–H and O–H groups in total. The Kier molecular flexibility index (Phi) is 4.01. The lowest BCUT2D eigenvalue weighted by molar-refractivity contribution is -0.136. The molecule has 3 heterocycles. The summed E-state index contributed by atoms with van der Waals surface area (Å²) in [6.45, 7) is 8.15. The second kappa shape index (κ2) is 5.81. The van der Waals surface area contributed by atoms with Gasteiger partial charge in [0, 0.05) is 19.6 Å². The lowest BCUT2D eigenvalue weighted by Crippen LogP contribution is -2.57. The summed E-state index contributed by atoms with van der Waals surface area (Å²) in [6, 6.07) is 1.66. The molecule has 22 heavy (non-hydrogen) atoms. The number of carbonyl (C=O) groups excluding carboxylic acids is 1. The Labute approximate surface area is 130 Å². The van der Waals surface area contributed by atoms with Crippen LogP contribution in [0.15, 0.2) is 6.07 Å². The molecule has 1 aromatic rings. The standard InChI is InChI=1S/C15H22N4O3/c1-10-6-13(18-17-12(10)3)16-14(20)19-7-11(2)22-15(8-19)4-5-21-9-15/h6,11H,4-5,7-9H2,1-3H3,(H,16,18,20)/t11-,15-/m0/s1. The molecule has 0 radical (unpaired) electrons. The van der Waals surface area contributed by atoms with Gasteiger partial charge in [-0.25, -0.2) is 4.79 Å². The molecule has 7 heteroatoms. The minimum absolute atomic E-state index is 0.00737. The van der Waals surface area contributed by atoms with Crippen molar-refractivity contribution in [1.29, 1.82) is 0 Å². The summed E-state index contributed by atoms with van der Waals surface area (Å²) in [5, 5.41) is 10.9. The van der Waals surface area contributed by atoms with Gasteiger partial charge in [-0.05, 0) is 32.4 Å². The minimum atomic E-state index is -0.357. The molecule has 2 amide bonds. The molecule has 1 aromatic heterocycles. The van der Waals surface area contributed by atoms with Gasteiger partial charge in [0.2, 0.25) is 0 Å². The minimum Gasteiger partial charge on any atom is -0.378 e. The fourth-order valence-corrected chi connectivity index (χ4v) is 2.98. The van der Waals surface area contributed by atoms with E-state index in [4.69, 9.17) is 9.47 Å². The van der Waals surface area contributed by atoms with Crippen LogP contribution in [0.1, 0.15) is 24.6 Å². The van der Waals surface area contributed by atoms with E-state index in [1.807, 2.05) is 26.8 Å². The van der Waals surface area contributed by atoms with Gasteiger partial charge in [0.05, 0.1) is 24.9 Å². The number of ether oxygens (including phenoxy) is 2. The number of aryl methyl sites for hydroxylation is 2. The normalized spacial score (nSPS) is 28.1. The molecule has 0 bridgehead atoms. The quantitative estimate of drug-likeness (QED) is 0.851. The van der Waals surface area contributed by atoms with Crippen molar-refractivity contribution in [2.75, 3.05) is 31.6 Å².